The highest BCUT2D eigenvalue weighted by Crippen LogP contribution is 2.23. The molecule has 0 atom stereocenters. The molecule has 3 heterocycles. The fraction of sp³-hybridized carbons (Fsp3) is 0.267. The van der Waals surface area contributed by atoms with Crippen molar-refractivity contribution in [3.63, 3.8) is 0 Å². The van der Waals surface area contributed by atoms with Gasteiger partial charge in [-0.2, -0.15) is 15.0 Å². The predicted octanol–water partition coefficient (Wildman–Crippen LogP) is 1.38. The van der Waals surface area contributed by atoms with Gasteiger partial charge in [-0.1, -0.05) is 27.2 Å². The molecule has 9 heteroatoms. The Morgan fingerprint density at radius 2 is 2.04 bits per heavy atom. The maximum atomic E-state index is 12.4. The van der Waals surface area contributed by atoms with Gasteiger partial charge in [0.2, 0.25) is 0 Å². The summed E-state index contributed by atoms with van der Waals surface area (Å²) < 4.78 is 2.71. The van der Waals surface area contributed by atoms with Crippen LogP contribution in [0.2, 0.25) is 0 Å². The zero-order valence-corrected chi connectivity index (χ0v) is 14.2. The molecule has 1 fully saturated rings. The minimum atomic E-state index is 0.0358. The first kappa shape index (κ1) is 15.0. The van der Waals surface area contributed by atoms with Crippen molar-refractivity contribution in [1.29, 1.82) is 0 Å². The first-order chi connectivity index (χ1) is 11.7. The van der Waals surface area contributed by atoms with E-state index in [1.807, 2.05) is 40.0 Å². The largest absolute Gasteiger partial charge is 0.334 e. The number of hydrogen-bond acceptors (Lipinski definition) is 5. The average Bonchev–Trinajstić information content (AvgIpc) is 3.18. The van der Waals surface area contributed by atoms with Crippen molar-refractivity contribution in [2.45, 2.75) is 12.6 Å². The molecule has 0 unspecified atom stereocenters. The lowest BCUT2D eigenvalue weighted by Crippen LogP contribution is -2.50. The maximum absolute atomic E-state index is 12.4. The molecule has 4 rings (SSSR count). The number of halogens is 1. The molecule has 8 nitrogen and oxygen atoms in total. The molecule has 3 aromatic rings. The van der Waals surface area contributed by atoms with Gasteiger partial charge in [0.25, 0.3) is 5.91 Å². The molecule has 122 valence electrons. The van der Waals surface area contributed by atoms with Crippen LogP contribution < -0.4 is 0 Å². The second-order valence-corrected chi connectivity index (χ2v) is 6.54. The lowest BCUT2D eigenvalue weighted by atomic mass is 10.1. The van der Waals surface area contributed by atoms with Crippen molar-refractivity contribution in [1.82, 2.24) is 34.9 Å². The minimum Gasteiger partial charge on any atom is -0.334 e. The van der Waals surface area contributed by atoms with Crippen LogP contribution in [0.5, 0.6) is 0 Å². The number of carbonyl (C=O) groups is 1. The third-order valence-corrected chi connectivity index (χ3v) is 4.42. The van der Waals surface area contributed by atoms with Gasteiger partial charge in [-0.05, 0) is 18.2 Å². The van der Waals surface area contributed by atoms with E-state index in [1.54, 1.807) is 17.2 Å². The van der Waals surface area contributed by atoms with Crippen molar-refractivity contribution < 1.29 is 4.79 Å². The first-order valence-electron chi connectivity index (χ1n) is 7.49. The maximum Gasteiger partial charge on any atom is 0.254 e. The zero-order chi connectivity index (χ0) is 16.5. The summed E-state index contributed by atoms with van der Waals surface area (Å²) >= 11 is 3.39. The molecule has 1 aliphatic heterocycles. The SMILES string of the molecule is O=C(c1cccc(Br)c1)N1CC(n2cc(Cn3nccn3)nn2)C1. The van der Waals surface area contributed by atoms with Crippen LogP contribution in [0.3, 0.4) is 0 Å². The molecule has 24 heavy (non-hydrogen) atoms. The van der Waals surface area contributed by atoms with Crippen LogP contribution in [0, 0.1) is 0 Å². The van der Waals surface area contributed by atoms with Crippen LogP contribution >= 0.6 is 15.9 Å². The highest BCUT2D eigenvalue weighted by molar-refractivity contribution is 9.10. The van der Waals surface area contributed by atoms with Gasteiger partial charge < -0.3 is 4.90 Å². The Kier molecular flexibility index (Phi) is 3.85. The smallest absolute Gasteiger partial charge is 0.254 e. The van der Waals surface area contributed by atoms with Gasteiger partial charge in [-0.3, -0.25) is 4.79 Å². The summed E-state index contributed by atoms with van der Waals surface area (Å²) in [5.41, 5.74) is 1.48. The molecular weight excluding hydrogens is 374 g/mol. The zero-order valence-electron chi connectivity index (χ0n) is 12.7. The van der Waals surface area contributed by atoms with Gasteiger partial charge in [0, 0.05) is 23.1 Å². The van der Waals surface area contributed by atoms with E-state index >= 15 is 0 Å². The Morgan fingerprint density at radius 3 is 2.79 bits per heavy atom. The number of nitrogens with zero attached hydrogens (tertiary/aromatic N) is 7. The van der Waals surface area contributed by atoms with Crippen LogP contribution in [0.1, 0.15) is 22.1 Å². The summed E-state index contributed by atoms with van der Waals surface area (Å²) in [6.07, 6.45) is 5.14. The number of carbonyl (C=O) groups excluding carboxylic acids is 1. The molecule has 1 amide bonds. The average molecular weight is 388 g/mol. The fourth-order valence-corrected chi connectivity index (χ4v) is 3.03. The van der Waals surface area contributed by atoms with Crippen molar-refractivity contribution in [3.8, 4) is 0 Å². The molecule has 0 aliphatic carbocycles. The fourth-order valence-electron chi connectivity index (χ4n) is 2.63. The minimum absolute atomic E-state index is 0.0358. The number of likely N-dealkylation sites (tertiary alicyclic amines) is 1. The highest BCUT2D eigenvalue weighted by Gasteiger charge is 2.33. The van der Waals surface area contributed by atoms with Crippen LogP contribution in [0.15, 0.2) is 47.3 Å². The Bertz CT molecular complexity index is 854. The quantitative estimate of drug-likeness (QED) is 0.675. The number of amides is 1. The van der Waals surface area contributed by atoms with Gasteiger partial charge in [-0.25, -0.2) is 4.68 Å². The second kappa shape index (κ2) is 6.16. The molecule has 0 radical (unpaired) electrons. The van der Waals surface area contributed by atoms with Gasteiger partial charge in [0.05, 0.1) is 24.6 Å². The monoisotopic (exact) mass is 387 g/mol. The topological polar surface area (TPSA) is 81.7 Å². The van der Waals surface area contributed by atoms with Gasteiger partial charge in [-0.15, -0.1) is 5.10 Å². The number of rotatable bonds is 4. The van der Waals surface area contributed by atoms with Gasteiger partial charge >= 0.3 is 0 Å². The van der Waals surface area contributed by atoms with Crippen molar-refractivity contribution in [2.75, 3.05) is 13.1 Å². The van der Waals surface area contributed by atoms with Crippen LogP contribution in [0.25, 0.3) is 0 Å². The first-order valence-corrected chi connectivity index (χ1v) is 8.28. The molecule has 1 saturated heterocycles. The predicted molar refractivity (Wildman–Crippen MR) is 88.2 cm³/mol. The van der Waals surface area contributed by atoms with Crippen LogP contribution in [-0.4, -0.2) is 53.9 Å². The van der Waals surface area contributed by atoms with Gasteiger partial charge in [0.1, 0.15) is 12.2 Å². The van der Waals surface area contributed by atoms with Crippen molar-refractivity contribution in [2.24, 2.45) is 0 Å². The Hall–Kier alpha value is -2.55. The molecule has 0 N–H and O–H groups in total. The van der Waals surface area contributed by atoms with E-state index in [0.29, 0.717) is 25.2 Å². The summed E-state index contributed by atoms with van der Waals surface area (Å²) in [5.74, 6) is 0.0358. The van der Waals surface area contributed by atoms with E-state index in [9.17, 15) is 4.79 Å². The second-order valence-electron chi connectivity index (χ2n) is 5.62. The van der Waals surface area contributed by atoms with Gasteiger partial charge in [0.15, 0.2) is 0 Å². The third kappa shape index (κ3) is 2.94. The molecule has 2 aromatic heterocycles. The number of aromatic nitrogens is 6. The third-order valence-electron chi connectivity index (χ3n) is 3.92. The molecule has 1 aromatic carbocycles. The van der Waals surface area contributed by atoms with E-state index in [-0.39, 0.29) is 11.9 Å². The van der Waals surface area contributed by atoms with Crippen molar-refractivity contribution in [3.05, 3.63) is 58.6 Å². The summed E-state index contributed by atoms with van der Waals surface area (Å²) in [6.45, 7) is 1.75. The summed E-state index contributed by atoms with van der Waals surface area (Å²) in [5, 5.41) is 16.4. The van der Waals surface area contributed by atoms with E-state index < -0.39 is 0 Å². The number of hydrogen-bond donors (Lipinski definition) is 0. The Labute approximate surface area is 146 Å². The van der Waals surface area contributed by atoms with Crippen LogP contribution in [0.4, 0.5) is 0 Å². The van der Waals surface area contributed by atoms with E-state index in [2.05, 4.69) is 36.4 Å². The van der Waals surface area contributed by atoms with Crippen LogP contribution in [-0.2, 0) is 6.54 Å². The molecule has 1 aliphatic rings. The molecule has 0 saturated carbocycles. The Balaban J connectivity index is 1.37. The standard InChI is InChI=1S/C15H14BrN7O/c16-12-3-1-2-11(6-12)15(24)21-9-14(10-21)22-7-13(19-20-22)8-23-17-4-5-18-23/h1-7,14H,8-10H2. The lowest BCUT2D eigenvalue weighted by molar-refractivity contribution is 0.0498. The summed E-state index contributed by atoms with van der Waals surface area (Å²) in [6, 6.07) is 7.58. The normalized spacial score (nSPS) is 14.6. The highest BCUT2D eigenvalue weighted by atomic mass is 79.9. The van der Waals surface area contributed by atoms with E-state index in [0.717, 1.165) is 10.2 Å². The lowest BCUT2D eigenvalue weighted by Gasteiger charge is -2.38. The summed E-state index contributed by atoms with van der Waals surface area (Å²) in [7, 11) is 0. The molecule has 0 bridgehead atoms. The molecule has 0 spiro atoms. The van der Waals surface area contributed by atoms with E-state index in [1.165, 1.54) is 0 Å². The number of benzene rings is 1. The Morgan fingerprint density at radius 1 is 1.25 bits per heavy atom. The van der Waals surface area contributed by atoms with E-state index in [4.69, 9.17) is 0 Å². The summed E-state index contributed by atoms with van der Waals surface area (Å²) in [4.78, 5) is 15.8. The van der Waals surface area contributed by atoms with Crippen molar-refractivity contribution >= 4 is 21.8 Å². The molecular formula is C15H14BrN7O.